The van der Waals surface area contributed by atoms with Gasteiger partial charge in [-0.1, -0.05) is 37.1 Å². The predicted molar refractivity (Wildman–Crippen MR) is 130 cm³/mol. The van der Waals surface area contributed by atoms with Crippen molar-refractivity contribution in [3.05, 3.63) is 23.8 Å². The monoisotopic (exact) mass is 450 g/mol. The molecule has 3 atom stereocenters. The van der Waals surface area contributed by atoms with Crippen LogP contribution in [0.4, 0.5) is 0 Å². The van der Waals surface area contributed by atoms with E-state index in [2.05, 4.69) is 32.9 Å². The molecule has 0 spiro atoms. The zero-order chi connectivity index (χ0) is 24.8. The van der Waals surface area contributed by atoms with Crippen molar-refractivity contribution in [2.45, 2.75) is 98.2 Å². The minimum atomic E-state index is -1.14. The number of allylic oxidation sites excluding steroid dienone is 3. The minimum absolute atomic E-state index is 0.00833. The lowest BCUT2D eigenvalue weighted by molar-refractivity contribution is -0.164. The summed E-state index contributed by atoms with van der Waals surface area (Å²) < 4.78 is 16.3. The third-order valence-corrected chi connectivity index (χ3v) is 7.33. The maximum absolute atomic E-state index is 13.6. The Kier molecular flexibility index (Phi) is 9.92. The quantitative estimate of drug-likeness (QED) is 0.217. The second-order valence-corrected chi connectivity index (χ2v) is 11.1. The average molecular weight is 451 g/mol. The van der Waals surface area contributed by atoms with Crippen LogP contribution in [0.1, 0.15) is 87.0 Å². The molecule has 0 radical (unpaired) electrons. The first-order valence-corrected chi connectivity index (χ1v) is 11.7. The van der Waals surface area contributed by atoms with Gasteiger partial charge in [0.15, 0.2) is 5.78 Å². The van der Waals surface area contributed by atoms with Crippen molar-refractivity contribution in [1.82, 2.24) is 0 Å². The van der Waals surface area contributed by atoms with Gasteiger partial charge >= 0.3 is 5.97 Å². The zero-order valence-electron chi connectivity index (χ0n) is 22.1. The van der Waals surface area contributed by atoms with Gasteiger partial charge in [-0.2, -0.15) is 0 Å². The molecule has 1 aliphatic rings. The van der Waals surface area contributed by atoms with Crippen LogP contribution in [0.5, 0.6) is 0 Å². The van der Waals surface area contributed by atoms with Crippen LogP contribution in [0, 0.1) is 16.7 Å². The highest BCUT2D eigenvalue weighted by Crippen LogP contribution is 2.52. The van der Waals surface area contributed by atoms with Crippen molar-refractivity contribution in [2.24, 2.45) is 16.7 Å². The van der Waals surface area contributed by atoms with E-state index in [9.17, 15) is 9.59 Å². The van der Waals surface area contributed by atoms with Crippen molar-refractivity contribution in [1.29, 1.82) is 0 Å². The van der Waals surface area contributed by atoms with Crippen LogP contribution < -0.4 is 0 Å². The minimum Gasteiger partial charge on any atom is -0.468 e. The molecule has 0 heterocycles. The number of carbonyl (C=O) groups excluding carboxylic acids is 2. The molecule has 0 aromatic carbocycles. The first kappa shape index (κ1) is 28.6. The molecule has 0 aromatic heterocycles. The molecule has 0 bridgehead atoms. The summed E-state index contributed by atoms with van der Waals surface area (Å²) in [6, 6.07) is 0. The van der Waals surface area contributed by atoms with E-state index < -0.39 is 17.0 Å². The van der Waals surface area contributed by atoms with Crippen molar-refractivity contribution < 1.29 is 23.8 Å². The van der Waals surface area contributed by atoms with Crippen LogP contribution in [0.25, 0.3) is 0 Å². The number of rotatable bonds is 11. The molecule has 5 nitrogen and oxygen atoms in total. The molecule has 184 valence electrons. The Morgan fingerprint density at radius 2 is 1.75 bits per heavy atom. The summed E-state index contributed by atoms with van der Waals surface area (Å²) >= 11 is 0. The SMILES string of the molecule is COC(=O)[C@]1(CC=C(C)C)C[C@H](/C=C/C(C)(C)OC)[C@@](C)(CCCC(C)(C)OC)CC1=O. The number of methoxy groups -OCH3 is 3. The Labute approximate surface area is 196 Å². The first-order chi connectivity index (χ1) is 14.7. The molecule has 1 aliphatic carbocycles. The van der Waals surface area contributed by atoms with Gasteiger partial charge in [0.25, 0.3) is 0 Å². The van der Waals surface area contributed by atoms with Crippen molar-refractivity contribution in [2.75, 3.05) is 21.3 Å². The fourth-order valence-corrected chi connectivity index (χ4v) is 4.46. The molecule has 0 saturated heterocycles. The van der Waals surface area contributed by atoms with Gasteiger partial charge in [0, 0.05) is 20.6 Å². The largest absolute Gasteiger partial charge is 0.468 e. The summed E-state index contributed by atoms with van der Waals surface area (Å²) in [5.74, 6) is -0.386. The van der Waals surface area contributed by atoms with Crippen LogP contribution >= 0.6 is 0 Å². The fraction of sp³-hybridized carbons (Fsp3) is 0.778. The summed E-state index contributed by atoms with van der Waals surface area (Å²) in [7, 11) is 4.80. The number of ketones is 1. The summed E-state index contributed by atoms with van der Waals surface area (Å²) in [5.41, 5.74) is -0.914. The number of carbonyl (C=O) groups is 2. The van der Waals surface area contributed by atoms with E-state index in [1.54, 1.807) is 14.2 Å². The third kappa shape index (κ3) is 7.28. The highest BCUT2D eigenvalue weighted by atomic mass is 16.5. The highest BCUT2D eigenvalue weighted by molar-refractivity contribution is 6.05. The molecule has 5 heteroatoms. The number of Topliss-reactive ketones (excluding diaryl/α,β-unsaturated/α-hetero) is 1. The van der Waals surface area contributed by atoms with Crippen LogP contribution in [0.3, 0.4) is 0 Å². The number of esters is 1. The highest BCUT2D eigenvalue weighted by Gasteiger charge is 2.55. The molecule has 0 amide bonds. The van der Waals surface area contributed by atoms with Gasteiger partial charge in [-0.25, -0.2) is 0 Å². The molecule has 32 heavy (non-hydrogen) atoms. The van der Waals surface area contributed by atoms with Crippen LogP contribution in [0.15, 0.2) is 23.8 Å². The van der Waals surface area contributed by atoms with Gasteiger partial charge in [0.05, 0.1) is 18.3 Å². The molecule has 0 aromatic rings. The van der Waals surface area contributed by atoms with E-state index in [1.807, 2.05) is 33.8 Å². The summed E-state index contributed by atoms with van der Waals surface area (Å²) in [4.78, 5) is 26.5. The van der Waals surface area contributed by atoms with Gasteiger partial charge in [-0.15, -0.1) is 0 Å². The van der Waals surface area contributed by atoms with E-state index >= 15 is 0 Å². The molecule has 1 saturated carbocycles. The Hall–Kier alpha value is -1.46. The number of hydrogen-bond acceptors (Lipinski definition) is 5. The molecular formula is C27H46O5. The van der Waals surface area contributed by atoms with Gasteiger partial charge in [-0.3, -0.25) is 9.59 Å². The van der Waals surface area contributed by atoms with Crippen LogP contribution in [-0.2, 0) is 23.8 Å². The van der Waals surface area contributed by atoms with Crippen molar-refractivity contribution in [3.63, 3.8) is 0 Å². The number of hydrogen-bond donors (Lipinski definition) is 0. The molecular weight excluding hydrogens is 404 g/mol. The van der Waals surface area contributed by atoms with E-state index in [4.69, 9.17) is 14.2 Å². The standard InChI is InChI=1S/C27H46O5/c1-20(2)12-17-27(23(29)30-8)18-21(13-16-25(5,6)32-10)26(7,19-22(27)28)15-11-14-24(3,4)31-9/h12-13,16,21H,11,14-15,17-19H2,1-10H3/b16-13+/t21-,26-,27+/m0/s1. The van der Waals surface area contributed by atoms with Crippen molar-refractivity contribution in [3.8, 4) is 0 Å². The molecule has 0 aliphatic heterocycles. The lowest BCUT2D eigenvalue weighted by atomic mass is 9.55. The van der Waals surface area contributed by atoms with Crippen LogP contribution in [0.2, 0.25) is 0 Å². The fourth-order valence-electron chi connectivity index (χ4n) is 4.46. The van der Waals surface area contributed by atoms with Gasteiger partial charge in [-0.05, 0) is 78.6 Å². The van der Waals surface area contributed by atoms with Gasteiger partial charge in [0.2, 0.25) is 0 Å². The number of ether oxygens (including phenoxy) is 3. The Morgan fingerprint density at radius 3 is 2.25 bits per heavy atom. The second kappa shape index (κ2) is 11.1. The van der Waals surface area contributed by atoms with E-state index in [-0.39, 0.29) is 22.7 Å². The molecule has 1 fully saturated rings. The molecule has 1 rings (SSSR count). The van der Waals surface area contributed by atoms with E-state index in [0.717, 1.165) is 24.8 Å². The third-order valence-electron chi connectivity index (χ3n) is 7.33. The zero-order valence-corrected chi connectivity index (χ0v) is 22.1. The maximum atomic E-state index is 13.6. The van der Waals surface area contributed by atoms with E-state index in [0.29, 0.717) is 19.3 Å². The summed E-state index contributed by atoms with van der Waals surface area (Å²) in [6.07, 6.45) is 10.1. The average Bonchev–Trinajstić information content (AvgIpc) is 2.71. The molecule has 0 unspecified atom stereocenters. The smallest absolute Gasteiger partial charge is 0.319 e. The van der Waals surface area contributed by atoms with Crippen molar-refractivity contribution >= 4 is 11.8 Å². The lowest BCUT2D eigenvalue weighted by Gasteiger charge is -2.47. The Balaban J connectivity index is 3.35. The second-order valence-electron chi connectivity index (χ2n) is 11.1. The van der Waals surface area contributed by atoms with Gasteiger partial charge in [0.1, 0.15) is 5.41 Å². The maximum Gasteiger partial charge on any atom is 0.319 e. The topological polar surface area (TPSA) is 61.8 Å². The predicted octanol–water partition coefficient (Wildman–Crippen LogP) is 6.06. The van der Waals surface area contributed by atoms with Crippen LogP contribution in [-0.4, -0.2) is 44.3 Å². The summed E-state index contributed by atoms with van der Waals surface area (Å²) in [6.45, 7) is 14.3. The first-order valence-electron chi connectivity index (χ1n) is 11.7. The molecule has 0 N–H and O–H groups in total. The summed E-state index contributed by atoms with van der Waals surface area (Å²) in [5, 5.41) is 0. The normalized spacial score (nSPS) is 26.9. The Morgan fingerprint density at radius 1 is 1.12 bits per heavy atom. The van der Waals surface area contributed by atoms with E-state index in [1.165, 1.54) is 7.11 Å². The Bertz CT molecular complexity index is 714. The lowest BCUT2D eigenvalue weighted by Crippen LogP contribution is -2.51. The van der Waals surface area contributed by atoms with Gasteiger partial charge < -0.3 is 14.2 Å².